The van der Waals surface area contributed by atoms with Gasteiger partial charge in [0, 0.05) is 0 Å². The van der Waals surface area contributed by atoms with Crippen molar-refractivity contribution in [2.45, 2.75) is 24.5 Å². The lowest BCUT2D eigenvalue weighted by atomic mass is 10.1. The van der Waals surface area contributed by atoms with E-state index in [1.165, 1.54) is 17.2 Å². The van der Waals surface area contributed by atoms with Crippen LogP contribution in [0.5, 0.6) is 0 Å². The van der Waals surface area contributed by atoms with Crippen LogP contribution < -0.4 is 5.73 Å². The molecule has 0 saturated carbocycles. The van der Waals surface area contributed by atoms with E-state index < -0.39 is 24.5 Å². The van der Waals surface area contributed by atoms with Crippen LogP contribution in [0.3, 0.4) is 0 Å². The molecule has 0 unspecified atom stereocenters. The number of hydrogen-bond donors (Lipinski definition) is 3. The number of rotatable bonds is 2. The van der Waals surface area contributed by atoms with Crippen molar-refractivity contribution in [3.05, 3.63) is 12.7 Å². The van der Waals surface area contributed by atoms with E-state index in [1.807, 2.05) is 0 Å². The molecule has 110 valence electrons. The normalized spacial score (nSPS) is 29.6. The monoisotopic (exact) mass is 303 g/mol. The van der Waals surface area contributed by atoms with Crippen molar-refractivity contribution in [2.24, 2.45) is 0 Å². The van der Waals surface area contributed by atoms with Crippen LogP contribution in [0.4, 0.5) is 5.82 Å². The van der Waals surface area contributed by atoms with Crippen molar-refractivity contribution >= 4 is 28.6 Å². The van der Waals surface area contributed by atoms with Crippen molar-refractivity contribution in [3.63, 3.8) is 0 Å². The third-order valence-electron chi connectivity index (χ3n) is 3.15. The van der Waals surface area contributed by atoms with Gasteiger partial charge in [-0.1, -0.05) is 0 Å². The van der Waals surface area contributed by atoms with Crippen molar-refractivity contribution in [3.8, 4) is 0 Å². The van der Waals surface area contributed by atoms with Gasteiger partial charge in [-0.3, -0.25) is 4.57 Å². The van der Waals surface area contributed by atoms with Crippen molar-refractivity contribution in [1.82, 2.24) is 19.5 Å². The maximum Gasteiger partial charge on any atom is 0.167 e. The summed E-state index contributed by atoms with van der Waals surface area (Å²) in [6.07, 6.45) is -0.882. The fourth-order valence-corrected chi connectivity index (χ4v) is 2.40. The summed E-state index contributed by atoms with van der Waals surface area (Å²) in [6, 6.07) is 0. The second-order valence-corrected chi connectivity index (χ2v) is 4.59. The maximum absolute atomic E-state index is 10.0. The largest absolute Gasteiger partial charge is 0.412 e. The van der Waals surface area contributed by atoms with Gasteiger partial charge in [0.25, 0.3) is 0 Å². The van der Waals surface area contributed by atoms with Gasteiger partial charge in [-0.15, -0.1) is 11.6 Å². The van der Waals surface area contributed by atoms with Crippen molar-refractivity contribution < 1.29 is 20.4 Å². The lowest BCUT2D eigenvalue weighted by Crippen LogP contribution is -2.32. The van der Waals surface area contributed by atoms with Gasteiger partial charge in [-0.2, -0.15) is 0 Å². The Kier molecular flexibility index (Phi) is 4.06. The van der Waals surface area contributed by atoms with Gasteiger partial charge in [-0.25, -0.2) is 15.0 Å². The maximum atomic E-state index is 10.0. The summed E-state index contributed by atoms with van der Waals surface area (Å²) in [5.41, 5.74) is 6.53. The molecule has 3 rings (SSSR count). The average molecular weight is 304 g/mol. The first kappa shape index (κ1) is 14.9. The van der Waals surface area contributed by atoms with E-state index in [1.54, 1.807) is 0 Å². The Morgan fingerprint density at radius 3 is 2.70 bits per heavy atom. The van der Waals surface area contributed by atoms with Gasteiger partial charge < -0.3 is 26.2 Å². The zero-order chi connectivity index (χ0) is 13.6. The fraction of sp³-hybridized carbons (Fsp3) is 0.500. The van der Waals surface area contributed by atoms with Crippen molar-refractivity contribution in [1.29, 1.82) is 0 Å². The molecule has 1 aliphatic rings. The highest BCUT2D eigenvalue weighted by molar-refractivity contribution is 6.18. The molecular formula is C10H14ClN5O4. The summed E-state index contributed by atoms with van der Waals surface area (Å²) in [5, 5.41) is 19.8. The number of nitrogens with two attached hydrogens (primary N) is 1. The lowest BCUT2D eigenvalue weighted by molar-refractivity contribution is -0.0291. The Morgan fingerprint density at radius 1 is 1.30 bits per heavy atom. The number of ether oxygens (including phenoxy) is 1. The summed E-state index contributed by atoms with van der Waals surface area (Å²) in [6.45, 7) is 0. The van der Waals surface area contributed by atoms with Crippen LogP contribution in [0.25, 0.3) is 11.2 Å². The molecule has 1 aliphatic heterocycles. The molecule has 1 fully saturated rings. The Hall–Kier alpha value is -1.52. The van der Waals surface area contributed by atoms with Crippen LogP contribution in [-0.4, -0.2) is 59.4 Å². The van der Waals surface area contributed by atoms with Gasteiger partial charge >= 0.3 is 0 Å². The molecule has 1 saturated heterocycles. The molecule has 10 heteroatoms. The quantitative estimate of drug-likeness (QED) is 0.567. The molecule has 20 heavy (non-hydrogen) atoms. The number of halogens is 1. The minimum atomic E-state index is -1.11. The zero-order valence-corrected chi connectivity index (χ0v) is 11.0. The average Bonchev–Trinajstić information content (AvgIpc) is 2.94. The first-order chi connectivity index (χ1) is 9.13. The van der Waals surface area contributed by atoms with Crippen LogP contribution in [0.2, 0.25) is 0 Å². The molecule has 6 N–H and O–H groups in total. The highest BCUT2D eigenvalue weighted by Gasteiger charge is 2.43. The molecule has 0 aromatic carbocycles. The summed E-state index contributed by atoms with van der Waals surface area (Å²) >= 11 is 5.67. The molecule has 4 atom stereocenters. The second kappa shape index (κ2) is 5.46. The van der Waals surface area contributed by atoms with E-state index in [9.17, 15) is 10.2 Å². The van der Waals surface area contributed by atoms with E-state index in [0.29, 0.717) is 11.2 Å². The van der Waals surface area contributed by atoms with Gasteiger partial charge in [0.1, 0.15) is 30.2 Å². The highest BCUT2D eigenvalue weighted by Crippen LogP contribution is 2.32. The topological polar surface area (TPSA) is 151 Å². The first-order valence-electron chi connectivity index (χ1n) is 5.64. The number of aliphatic hydroxyl groups is 2. The van der Waals surface area contributed by atoms with Gasteiger partial charge in [0.15, 0.2) is 17.7 Å². The Labute approximate surface area is 118 Å². The summed E-state index contributed by atoms with van der Waals surface area (Å²) in [7, 11) is 0. The van der Waals surface area contributed by atoms with E-state index >= 15 is 0 Å². The molecule has 3 heterocycles. The predicted molar refractivity (Wildman–Crippen MR) is 70.0 cm³/mol. The summed E-state index contributed by atoms with van der Waals surface area (Å²) < 4.78 is 7.03. The number of aromatic nitrogens is 4. The molecule has 0 bridgehead atoms. The van der Waals surface area contributed by atoms with Gasteiger partial charge in [-0.05, 0) is 0 Å². The molecular weight excluding hydrogens is 290 g/mol. The third kappa shape index (κ3) is 2.09. The number of nitrogen functional groups attached to an aromatic ring is 1. The smallest absolute Gasteiger partial charge is 0.167 e. The Balaban J connectivity index is 0.00000147. The predicted octanol–water partition coefficient (Wildman–Crippen LogP) is -1.56. The number of aliphatic hydroxyl groups excluding tert-OH is 2. The molecule has 2 aromatic rings. The van der Waals surface area contributed by atoms with E-state index in [-0.39, 0.29) is 17.2 Å². The minimum Gasteiger partial charge on any atom is -0.412 e. The number of imidazole rings is 1. The summed E-state index contributed by atoms with van der Waals surface area (Å²) in [4.78, 5) is 12.0. The number of nitrogens with zero attached hydrogens (tertiary/aromatic N) is 4. The van der Waals surface area contributed by atoms with Gasteiger partial charge in [0.05, 0.1) is 12.2 Å². The van der Waals surface area contributed by atoms with Gasteiger partial charge in [0.2, 0.25) is 0 Å². The number of alkyl halides is 1. The van der Waals surface area contributed by atoms with Crippen LogP contribution >= 0.6 is 11.6 Å². The summed E-state index contributed by atoms with van der Waals surface area (Å²) in [5.74, 6) is 0.323. The van der Waals surface area contributed by atoms with Crippen LogP contribution in [-0.2, 0) is 4.74 Å². The zero-order valence-electron chi connectivity index (χ0n) is 10.2. The molecule has 0 radical (unpaired) electrons. The minimum absolute atomic E-state index is 0. The molecule has 0 amide bonds. The standard InChI is InChI=1S/C10H12ClN5O3.H2O/c11-1-4-6(17)7(18)10(19-4)16-3-15-5-8(12)13-2-14-9(5)16;/h2-4,6-7,10,17-18H,1H2,(H2,12,13,14);1H2/t4-,6-,7-,10-;/m1./s1. The number of fused-ring (bicyclic) bond motifs is 1. The number of anilines is 1. The molecule has 9 nitrogen and oxygen atoms in total. The molecule has 0 aliphatic carbocycles. The highest BCUT2D eigenvalue weighted by atomic mass is 35.5. The van der Waals surface area contributed by atoms with Crippen molar-refractivity contribution in [2.75, 3.05) is 11.6 Å². The van der Waals surface area contributed by atoms with E-state index in [0.717, 1.165) is 0 Å². The fourth-order valence-electron chi connectivity index (χ4n) is 2.14. The molecule has 2 aromatic heterocycles. The van der Waals surface area contributed by atoms with E-state index in [2.05, 4.69) is 15.0 Å². The second-order valence-electron chi connectivity index (χ2n) is 4.28. The number of hydrogen-bond acceptors (Lipinski definition) is 7. The lowest BCUT2D eigenvalue weighted by Gasteiger charge is -2.16. The van der Waals surface area contributed by atoms with E-state index in [4.69, 9.17) is 22.1 Å². The van der Waals surface area contributed by atoms with Crippen LogP contribution in [0.1, 0.15) is 6.23 Å². The van der Waals surface area contributed by atoms with Crippen LogP contribution in [0.15, 0.2) is 12.7 Å². The molecule has 0 spiro atoms. The Bertz CT molecular complexity index is 608. The SMILES string of the molecule is Nc1ncnc2c1ncn2[C@@H]1O[C@H](CCl)[C@@H](O)[C@H]1O.O. The van der Waals surface area contributed by atoms with Crippen LogP contribution in [0, 0.1) is 0 Å². The Morgan fingerprint density at radius 2 is 2.05 bits per heavy atom. The third-order valence-corrected chi connectivity index (χ3v) is 3.45. The first-order valence-corrected chi connectivity index (χ1v) is 6.17.